The Kier molecular flexibility index (Phi) is 3.59. The van der Waals surface area contributed by atoms with Crippen molar-refractivity contribution in [3.63, 3.8) is 0 Å². The zero-order valence-electron chi connectivity index (χ0n) is 9.35. The molecule has 0 bridgehead atoms. The Morgan fingerprint density at radius 3 is 2.58 bits per heavy atom. The summed E-state index contributed by atoms with van der Waals surface area (Å²) in [5.41, 5.74) is -0.504. The van der Waals surface area contributed by atoms with Gasteiger partial charge in [0.2, 0.25) is 5.56 Å². The Bertz CT molecular complexity index is 753. The number of hydrogen-bond acceptors (Lipinski definition) is 3. The van der Waals surface area contributed by atoms with Crippen LogP contribution in [0.4, 0.5) is 10.1 Å². The van der Waals surface area contributed by atoms with Crippen LogP contribution in [-0.2, 0) is 10.0 Å². The molecular weight excluding hydrogens is 295 g/mol. The molecule has 0 saturated heterocycles. The second-order valence-corrected chi connectivity index (χ2v) is 5.71. The molecule has 0 atom stereocenters. The maximum absolute atomic E-state index is 13.0. The highest BCUT2D eigenvalue weighted by atomic mass is 35.5. The molecule has 5 nitrogen and oxygen atoms in total. The predicted molar refractivity (Wildman–Crippen MR) is 69.3 cm³/mol. The molecule has 0 radical (unpaired) electrons. The van der Waals surface area contributed by atoms with Crippen LogP contribution in [0.15, 0.2) is 46.2 Å². The highest BCUT2D eigenvalue weighted by Crippen LogP contribution is 2.24. The van der Waals surface area contributed by atoms with E-state index in [0.717, 1.165) is 30.5 Å². The van der Waals surface area contributed by atoms with Crippen molar-refractivity contribution in [1.29, 1.82) is 0 Å². The van der Waals surface area contributed by atoms with Crippen molar-refractivity contribution in [3.8, 4) is 0 Å². The Balaban J connectivity index is 2.39. The average molecular weight is 303 g/mol. The van der Waals surface area contributed by atoms with Gasteiger partial charge in [-0.2, -0.15) is 0 Å². The fraction of sp³-hybridized carbons (Fsp3) is 0. The van der Waals surface area contributed by atoms with Gasteiger partial charge in [0.25, 0.3) is 10.0 Å². The lowest BCUT2D eigenvalue weighted by Crippen LogP contribution is -2.15. The highest BCUT2D eigenvalue weighted by Gasteiger charge is 2.16. The van der Waals surface area contributed by atoms with Crippen LogP contribution in [0.3, 0.4) is 0 Å². The molecule has 0 spiro atoms. The molecule has 0 unspecified atom stereocenters. The smallest absolute Gasteiger partial charge is 0.263 e. The summed E-state index contributed by atoms with van der Waals surface area (Å²) in [6.45, 7) is 0. The summed E-state index contributed by atoms with van der Waals surface area (Å²) in [6.07, 6.45) is 1.04. The van der Waals surface area contributed by atoms with Crippen molar-refractivity contribution in [2.24, 2.45) is 0 Å². The molecule has 1 aromatic carbocycles. The number of anilines is 1. The van der Waals surface area contributed by atoms with Crippen LogP contribution in [0.1, 0.15) is 0 Å². The number of pyridine rings is 1. The van der Waals surface area contributed by atoms with E-state index in [-0.39, 0.29) is 15.6 Å². The molecule has 2 N–H and O–H groups in total. The zero-order valence-corrected chi connectivity index (χ0v) is 10.9. The van der Waals surface area contributed by atoms with Gasteiger partial charge in [-0.15, -0.1) is 0 Å². The van der Waals surface area contributed by atoms with E-state index >= 15 is 0 Å². The molecule has 0 saturated carbocycles. The molecule has 0 aliphatic rings. The van der Waals surface area contributed by atoms with Crippen LogP contribution in [-0.4, -0.2) is 13.4 Å². The van der Waals surface area contributed by atoms with Gasteiger partial charge in [0.1, 0.15) is 10.7 Å². The summed E-state index contributed by atoms with van der Waals surface area (Å²) in [4.78, 5) is 12.9. The molecule has 0 aliphatic heterocycles. The maximum atomic E-state index is 13.0. The Hall–Kier alpha value is -1.86. The molecule has 1 heterocycles. The first-order valence-corrected chi connectivity index (χ1v) is 6.91. The van der Waals surface area contributed by atoms with Crippen LogP contribution in [0, 0.1) is 5.82 Å². The molecule has 2 aromatic rings. The monoisotopic (exact) mass is 302 g/mol. The molecule has 100 valence electrons. The quantitative estimate of drug-likeness (QED) is 0.910. The van der Waals surface area contributed by atoms with E-state index in [1.807, 2.05) is 0 Å². The van der Waals surface area contributed by atoms with E-state index in [9.17, 15) is 17.6 Å². The fourth-order valence-electron chi connectivity index (χ4n) is 1.34. The third kappa shape index (κ3) is 3.12. The van der Waals surface area contributed by atoms with E-state index in [0.29, 0.717) is 0 Å². The summed E-state index contributed by atoms with van der Waals surface area (Å²) < 4.78 is 39.1. The number of nitrogens with one attached hydrogen (secondary N) is 2. The lowest BCUT2D eigenvalue weighted by Gasteiger charge is -2.09. The Morgan fingerprint density at radius 2 is 1.95 bits per heavy atom. The van der Waals surface area contributed by atoms with Gasteiger partial charge in [-0.3, -0.25) is 9.52 Å². The minimum atomic E-state index is -3.94. The molecular formula is C11H8ClFN2O3S. The normalized spacial score (nSPS) is 11.3. The molecule has 1 aromatic heterocycles. The van der Waals surface area contributed by atoms with Gasteiger partial charge in [0, 0.05) is 12.3 Å². The number of H-pyrrole nitrogens is 1. The number of aromatic amines is 1. The zero-order chi connectivity index (χ0) is 14.0. The molecule has 0 fully saturated rings. The SMILES string of the molecule is O=c1ccc(S(=O)(=O)Nc2cc(F)ccc2Cl)c[nH]1. The number of hydrogen-bond donors (Lipinski definition) is 2. The van der Waals surface area contributed by atoms with Crippen LogP contribution < -0.4 is 10.3 Å². The standard InChI is InChI=1S/C11H8ClFN2O3S/c12-9-3-1-7(13)5-10(9)15-19(17,18)8-2-4-11(16)14-6-8/h1-6,15H,(H,14,16). The molecule has 8 heteroatoms. The highest BCUT2D eigenvalue weighted by molar-refractivity contribution is 7.92. The van der Waals surface area contributed by atoms with Gasteiger partial charge in [0.15, 0.2) is 0 Å². The van der Waals surface area contributed by atoms with Gasteiger partial charge in [0.05, 0.1) is 10.7 Å². The number of aromatic nitrogens is 1. The van der Waals surface area contributed by atoms with E-state index in [2.05, 4.69) is 9.71 Å². The molecule has 19 heavy (non-hydrogen) atoms. The van der Waals surface area contributed by atoms with Crippen molar-refractivity contribution < 1.29 is 12.8 Å². The Labute approximate surface area is 113 Å². The van der Waals surface area contributed by atoms with Crippen molar-refractivity contribution in [2.45, 2.75) is 4.90 Å². The number of sulfonamides is 1. The summed E-state index contributed by atoms with van der Waals surface area (Å²) in [7, 11) is -3.94. The lowest BCUT2D eigenvalue weighted by molar-refractivity contribution is 0.600. The number of halogens is 2. The average Bonchev–Trinajstić information content (AvgIpc) is 2.34. The van der Waals surface area contributed by atoms with Gasteiger partial charge in [-0.25, -0.2) is 12.8 Å². The number of benzene rings is 1. The van der Waals surface area contributed by atoms with E-state index in [1.54, 1.807) is 0 Å². The second kappa shape index (κ2) is 5.02. The first-order valence-electron chi connectivity index (χ1n) is 5.05. The predicted octanol–water partition coefficient (Wildman–Crippen LogP) is 1.97. The van der Waals surface area contributed by atoms with E-state index in [1.165, 1.54) is 6.07 Å². The van der Waals surface area contributed by atoms with Crippen molar-refractivity contribution in [3.05, 3.63) is 57.7 Å². The van der Waals surface area contributed by atoms with Gasteiger partial charge in [-0.05, 0) is 24.3 Å². The first-order chi connectivity index (χ1) is 8.88. The number of rotatable bonds is 3. The largest absolute Gasteiger partial charge is 0.328 e. The summed E-state index contributed by atoms with van der Waals surface area (Å²) >= 11 is 5.76. The maximum Gasteiger partial charge on any atom is 0.263 e. The molecule has 0 amide bonds. The third-order valence-electron chi connectivity index (χ3n) is 2.24. The summed E-state index contributed by atoms with van der Waals surface area (Å²) in [6, 6.07) is 5.52. The van der Waals surface area contributed by atoms with Gasteiger partial charge in [-0.1, -0.05) is 11.6 Å². The molecule has 2 rings (SSSR count). The summed E-state index contributed by atoms with van der Waals surface area (Å²) in [5, 5.41) is 0.0643. The minimum absolute atomic E-state index is 0.0643. The second-order valence-electron chi connectivity index (χ2n) is 3.62. The van der Waals surface area contributed by atoms with Crippen molar-refractivity contribution >= 4 is 27.3 Å². The fourth-order valence-corrected chi connectivity index (χ4v) is 2.60. The molecule has 0 aliphatic carbocycles. The van der Waals surface area contributed by atoms with Crippen LogP contribution in [0.2, 0.25) is 5.02 Å². The lowest BCUT2D eigenvalue weighted by atomic mass is 10.3. The van der Waals surface area contributed by atoms with Gasteiger partial charge < -0.3 is 4.98 Å². The summed E-state index contributed by atoms with van der Waals surface area (Å²) in [5.74, 6) is -0.622. The van der Waals surface area contributed by atoms with E-state index in [4.69, 9.17) is 11.6 Å². The topological polar surface area (TPSA) is 79.0 Å². The van der Waals surface area contributed by atoms with Crippen molar-refractivity contribution in [2.75, 3.05) is 4.72 Å². The third-order valence-corrected chi connectivity index (χ3v) is 3.93. The van der Waals surface area contributed by atoms with Crippen molar-refractivity contribution in [1.82, 2.24) is 4.98 Å². The minimum Gasteiger partial charge on any atom is -0.328 e. The van der Waals surface area contributed by atoms with Crippen LogP contribution in [0.5, 0.6) is 0 Å². The van der Waals surface area contributed by atoms with Crippen LogP contribution in [0.25, 0.3) is 0 Å². The first kappa shape index (κ1) is 13.6. The van der Waals surface area contributed by atoms with E-state index < -0.39 is 21.4 Å². The Morgan fingerprint density at radius 1 is 1.21 bits per heavy atom. The van der Waals surface area contributed by atoms with Crippen LogP contribution >= 0.6 is 11.6 Å². The van der Waals surface area contributed by atoms with Gasteiger partial charge >= 0.3 is 0 Å².